The first-order chi connectivity index (χ1) is 11.5. The van der Waals surface area contributed by atoms with E-state index in [9.17, 15) is 9.90 Å². The van der Waals surface area contributed by atoms with Crippen LogP contribution in [0.15, 0.2) is 18.2 Å². The molecule has 6 nitrogen and oxygen atoms in total. The summed E-state index contributed by atoms with van der Waals surface area (Å²) in [5.74, 6) is 0.768. The Hall–Kier alpha value is -1.50. The Labute approximate surface area is 148 Å². The van der Waals surface area contributed by atoms with E-state index in [2.05, 4.69) is 10.6 Å². The molecule has 0 spiro atoms. The zero-order chi connectivity index (χ0) is 17.9. The van der Waals surface area contributed by atoms with Crippen LogP contribution in [0.25, 0.3) is 0 Å². The molecule has 1 rings (SSSR count). The van der Waals surface area contributed by atoms with Crippen molar-refractivity contribution in [3.05, 3.63) is 23.2 Å². The Morgan fingerprint density at radius 1 is 1.33 bits per heavy atom. The highest BCUT2D eigenvalue weighted by Gasteiger charge is 2.15. The molecule has 1 unspecified atom stereocenters. The van der Waals surface area contributed by atoms with Gasteiger partial charge in [0, 0.05) is 6.61 Å². The van der Waals surface area contributed by atoms with E-state index in [0.717, 1.165) is 0 Å². The third-order valence-corrected chi connectivity index (χ3v) is 3.50. The second-order valence-corrected chi connectivity index (χ2v) is 6.18. The maximum Gasteiger partial charge on any atom is 0.319 e. The first-order valence-electron chi connectivity index (χ1n) is 8.15. The highest BCUT2D eigenvalue weighted by atomic mass is 35.5. The fraction of sp³-hybridized carbons (Fsp3) is 0.588. The van der Waals surface area contributed by atoms with Gasteiger partial charge in [0.25, 0.3) is 0 Å². The topological polar surface area (TPSA) is 79.8 Å². The molecule has 0 bridgehead atoms. The lowest BCUT2D eigenvalue weighted by atomic mass is 10.0. The lowest BCUT2D eigenvalue weighted by Crippen LogP contribution is -2.41. The van der Waals surface area contributed by atoms with Gasteiger partial charge >= 0.3 is 6.03 Å². The summed E-state index contributed by atoms with van der Waals surface area (Å²) in [6, 6.07) is 4.41. The number of carbonyl (C=O) groups is 1. The van der Waals surface area contributed by atoms with Gasteiger partial charge in [0.1, 0.15) is 6.61 Å². The van der Waals surface area contributed by atoms with Crippen LogP contribution < -0.4 is 15.4 Å². The summed E-state index contributed by atoms with van der Waals surface area (Å²) >= 11 is 6.15. The van der Waals surface area contributed by atoms with Crippen molar-refractivity contribution in [3.8, 4) is 5.75 Å². The zero-order valence-corrected chi connectivity index (χ0v) is 15.2. The van der Waals surface area contributed by atoms with E-state index in [1.54, 1.807) is 18.2 Å². The van der Waals surface area contributed by atoms with Crippen molar-refractivity contribution >= 4 is 23.3 Å². The molecular weight excluding hydrogens is 332 g/mol. The smallest absolute Gasteiger partial charge is 0.319 e. The van der Waals surface area contributed by atoms with E-state index in [4.69, 9.17) is 21.1 Å². The minimum atomic E-state index is -0.411. The van der Waals surface area contributed by atoms with Crippen molar-refractivity contribution in [3.63, 3.8) is 0 Å². The van der Waals surface area contributed by atoms with Crippen LogP contribution in [0.1, 0.15) is 27.2 Å². The third kappa shape index (κ3) is 7.38. The molecule has 0 aliphatic carbocycles. The largest absolute Gasteiger partial charge is 0.487 e. The summed E-state index contributed by atoms with van der Waals surface area (Å²) in [5.41, 5.74) is 0.470. The van der Waals surface area contributed by atoms with Gasteiger partial charge in [0.15, 0.2) is 5.75 Å². The van der Waals surface area contributed by atoms with E-state index in [1.165, 1.54) is 0 Å². The van der Waals surface area contributed by atoms with E-state index >= 15 is 0 Å². The second-order valence-electron chi connectivity index (χ2n) is 5.77. The normalized spacial score (nSPS) is 12.1. The van der Waals surface area contributed by atoms with Crippen molar-refractivity contribution < 1.29 is 19.4 Å². The predicted octanol–water partition coefficient (Wildman–Crippen LogP) is 3.28. The van der Waals surface area contributed by atoms with Crippen molar-refractivity contribution in [1.29, 1.82) is 0 Å². The molecule has 1 aromatic carbocycles. The van der Waals surface area contributed by atoms with Crippen LogP contribution >= 0.6 is 11.6 Å². The van der Waals surface area contributed by atoms with Gasteiger partial charge in [0.05, 0.1) is 30.0 Å². The van der Waals surface area contributed by atoms with Crippen LogP contribution in [0.2, 0.25) is 5.02 Å². The second kappa shape index (κ2) is 11.1. The molecule has 2 amide bonds. The minimum absolute atomic E-state index is 0.112. The number of rotatable bonds is 10. The highest BCUT2D eigenvalue weighted by molar-refractivity contribution is 6.32. The molecule has 0 aromatic heterocycles. The number of urea groups is 1. The molecule has 0 saturated carbocycles. The number of nitrogens with one attached hydrogen (secondary N) is 2. The van der Waals surface area contributed by atoms with Crippen molar-refractivity contribution in [1.82, 2.24) is 5.32 Å². The summed E-state index contributed by atoms with van der Waals surface area (Å²) < 4.78 is 10.8. The van der Waals surface area contributed by atoms with Crippen LogP contribution in [0, 0.1) is 5.92 Å². The average Bonchev–Trinajstić information content (AvgIpc) is 2.52. The Balaban J connectivity index is 2.68. The van der Waals surface area contributed by atoms with Gasteiger partial charge in [-0.1, -0.05) is 31.5 Å². The lowest BCUT2D eigenvalue weighted by Gasteiger charge is -2.19. The number of hydrogen-bond donors (Lipinski definition) is 3. The Kier molecular flexibility index (Phi) is 9.52. The zero-order valence-electron chi connectivity index (χ0n) is 14.5. The maximum atomic E-state index is 12.1. The predicted molar refractivity (Wildman–Crippen MR) is 95.9 cm³/mol. The number of halogens is 1. The maximum absolute atomic E-state index is 12.1. The summed E-state index contributed by atoms with van der Waals surface area (Å²) in [5, 5.41) is 15.2. The summed E-state index contributed by atoms with van der Waals surface area (Å²) in [4.78, 5) is 12.1. The van der Waals surface area contributed by atoms with Crippen molar-refractivity contribution in [2.45, 2.75) is 33.2 Å². The summed E-state index contributed by atoms with van der Waals surface area (Å²) in [6.45, 7) is 7.24. The van der Waals surface area contributed by atoms with Gasteiger partial charge in [-0.05, 0) is 31.4 Å². The standard InChI is InChI=1S/C17H27ClN2O4/c1-4-23-8-9-24-16-14(18)6-5-7-15(16)20-17(22)19-13(11-21)10-12(2)3/h5-7,12-13,21H,4,8-11H2,1-3H3,(H2,19,20,22). The van der Waals surface area contributed by atoms with Crippen LogP contribution in [0.4, 0.5) is 10.5 Å². The van der Waals surface area contributed by atoms with Crippen LogP contribution in [-0.4, -0.2) is 43.6 Å². The number of anilines is 1. The third-order valence-electron chi connectivity index (χ3n) is 3.20. The van der Waals surface area contributed by atoms with Crippen molar-refractivity contribution in [2.24, 2.45) is 5.92 Å². The molecule has 0 saturated heterocycles. The molecule has 3 N–H and O–H groups in total. The Morgan fingerprint density at radius 2 is 2.08 bits per heavy atom. The van der Waals surface area contributed by atoms with Gasteiger partial charge in [0.2, 0.25) is 0 Å². The molecule has 0 fully saturated rings. The van der Waals surface area contributed by atoms with Crippen LogP contribution in [-0.2, 0) is 4.74 Å². The van der Waals surface area contributed by atoms with Crippen LogP contribution in [0.3, 0.4) is 0 Å². The lowest BCUT2D eigenvalue weighted by molar-refractivity contribution is 0.110. The van der Waals surface area contributed by atoms with Gasteiger partial charge in [-0.3, -0.25) is 0 Å². The van der Waals surface area contributed by atoms with Gasteiger partial charge in [-0.15, -0.1) is 0 Å². The quantitative estimate of drug-likeness (QED) is 0.561. The Bertz CT molecular complexity index is 511. The van der Waals surface area contributed by atoms with E-state index in [1.807, 2.05) is 20.8 Å². The SMILES string of the molecule is CCOCCOc1c(Cl)cccc1NC(=O)NC(CO)CC(C)C. The monoisotopic (exact) mass is 358 g/mol. The number of aliphatic hydroxyl groups is 1. The number of para-hydroxylation sites is 1. The molecule has 0 heterocycles. The number of ether oxygens (including phenoxy) is 2. The number of hydrogen-bond acceptors (Lipinski definition) is 4. The van der Waals surface area contributed by atoms with Crippen molar-refractivity contribution in [2.75, 3.05) is 31.7 Å². The molecule has 1 aromatic rings. The molecule has 1 atom stereocenters. The number of aliphatic hydroxyl groups excluding tert-OH is 1. The van der Waals surface area contributed by atoms with E-state index in [-0.39, 0.29) is 12.6 Å². The number of amides is 2. The number of benzene rings is 1. The minimum Gasteiger partial charge on any atom is -0.487 e. The molecular formula is C17H27ClN2O4. The average molecular weight is 359 g/mol. The molecule has 0 aliphatic heterocycles. The fourth-order valence-corrected chi connectivity index (χ4v) is 2.42. The van der Waals surface area contributed by atoms with Crippen LogP contribution in [0.5, 0.6) is 5.75 Å². The first-order valence-corrected chi connectivity index (χ1v) is 8.53. The molecule has 7 heteroatoms. The Morgan fingerprint density at radius 3 is 2.71 bits per heavy atom. The number of carbonyl (C=O) groups excluding carboxylic acids is 1. The van der Waals surface area contributed by atoms with E-state index in [0.29, 0.717) is 48.6 Å². The van der Waals surface area contributed by atoms with Gasteiger partial charge in [-0.2, -0.15) is 0 Å². The van der Waals surface area contributed by atoms with Gasteiger partial charge < -0.3 is 25.2 Å². The van der Waals surface area contributed by atoms with E-state index < -0.39 is 6.03 Å². The summed E-state index contributed by atoms with van der Waals surface area (Å²) in [6.07, 6.45) is 0.692. The first kappa shape index (κ1) is 20.5. The molecule has 0 aliphatic rings. The summed E-state index contributed by atoms with van der Waals surface area (Å²) in [7, 11) is 0. The highest BCUT2D eigenvalue weighted by Crippen LogP contribution is 2.32. The molecule has 0 radical (unpaired) electrons. The molecule has 24 heavy (non-hydrogen) atoms. The molecule has 136 valence electrons. The van der Waals surface area contributed by atoms with Gasteiger partial charge in [-0.25, -0.2) is 4.79 Å². The fourth-order valence-electron chi connectivity index (χ4n) is 2.19.